The summed E-state index contributed by atoms with van der Waals surface area (Å²) >= 11 is 6.07. The molecule has 1 heterocycles. The van der Waals surface area contributed by atoms with E-state index in [2.05, 4.69) is 11.9 Å². The second-order valence-electron chi connectivity index (χ2n) is 4.35. The van der Waals surface area contributed by atoms with E-state index in [1.165, 1.54) is 6.26 Å². The van der Waals surface area contributed by atoms with Crippen LogP contribution >= 0.6 is 11.6 Å². The number of nitrogens with one attached hydrogen (secondary N) is 1. The highest BCUT2D eigenvalue weighted by molar-refractivity contribution is 6.35. The van der Waals surface area contributed by atoms with Crippen LogP contribution in [-0.4, -0.2) is 5.78 Å². The number of carbonyl (C=O) groups excluding carboxylic acids is 1. The topological polar surface area (TPSA) is 47.6 Å². The van der Waals surface area contributed by atoms with Crippen molar-refractivity contribution in [2.24, 2.45) is 0 Å². The van der Waals surface area contributed by atoms with E-state index in [0.717, 1.165) is 5.76 Å². The molecule has 0 unspecified atom stereocenters. The van der Waals surface area contributed by atoms with Gasteiger partial charge in [-0.1, -0.05) is 18.2 Å². The van der Waals surface area contributed by atoms with Gasteiger partial charge in [0.2, 0.25) is 5.88 Å². The molecule has 2 rings (SSSR count). The third kappa shape index (κ3) is 3.22. The van der Waals surface area contributed by atoms with E-state index in [0.29, 0.717) is 27.8 Å². The monoisotopic (exact) mass is 291 g/mol. The number of benzene rings is 1. The summed E-state index contributed by atoms with van der Waals surface area (Å²) in [6, 6.07) is 4.85. The fraction of sp³-hybridized carbons (Fsp3) is 0.133. The number of ketones is 1. The minimum absolute atomic E-state index is 0.180. The van der Waals surface area contributed by atoms with Gasteiger partial charge in [0.05, 0.1) is 5.02 Å². The zero-order valence-electron chi connectivity index (χ0n) is 11.2. The maximum atomic E-state index is 11.8. The third-order valence-corrected chi connectivity index (χ3v) is 2.88. The van der Waals surface area contributed by atoms with Crippen molar-refractivity contribution in [2.45, 2.75) is 13.8 Å². The van der Waals surface area contributed by atoms with E-state index in [-0.39, 0.29) is 5.78 Å². The lowest BCUT2D eigenvalue weighted by molar-refractivity contribution is 0.103. The first-order valence-electron chi connectivity index (χ1n) is 5.95. The Balaban J connectivity index is 2.10. The molecular weight excluding hydrogens is 278 g/mol. The van der Waals surface area contributed by atoms with Crippen LogP contribution in [-0.2, 0) is 4.74 Å². The van der Waals surface area contributed by atoms with Crippen molar-refractivity contribution in [3.8, 4) is 5.75 Å². The number of rotatable bonds is 4. The molecule has 0 bridgehead atoms. The third-order valence-electron chi connectivity index (χ3n) is 2.56. The zero-order chi connectivity index (χ0) is 14.7. The minimum Gasteiger partial charge on any atom is -0.459 e. The zero-order valence-corrected chi connectivity index (χ0v) is 12.0. The van der Waals surface area contributed by atoms with E-state index >= 15 is 0 Å². The molecule has 0 atom stereocenters. The summed E-state index contributed by atoms with van der Waals surface area (Å²) in [5.41, 5.74) is 0.847. The van der Waals surface area contributed by atoms with Crippen LogP contribution in [0.15, 0.2) is 54.5 Å². The first-order chi connectivity index (χ1) is 9.47. The summed E-state index contributed by atoms with van der Waals surface area (Å²) < 4.78 is 10.7. The molecule has 1 aromatic rings. The van der Waals surface area contributed by atoms with Crippen molar-refractivity contribution in [2.75, 3.05) is 0 Å². The van der Waals surface area contributed by atoms with E-state index in [1.54, 1.807) is 31.3 Å². The smallest absolute Gasteiger partial charge is 0.232 e. The number of carbonyl (C=O) groups is 1. The van der Waals surface area contributed by atoms with Crippen molar-refractivity contribution in [3.05, 3.63) is 65.0 Å². The normalized spacial score (nSPS) is 15.3. The molecule has 1 aromatic carbocycles. The molecule has 0 spiro atoms. The highest BCUT2D eigenvalue weighted by atomic mass is 35.5. The standard InChI is InChI=1S/C15H14ClNO3/c1-9(2)15(18)12-5-4-11(6-13(12)16)19-8-14-17-7-10(3)20-14/h4-8,17H,1H2,2-3H3. The quantitative estimate of drug-likeness (QED) is 0.521. The molecule has 0 aliphatic carbocycles. The van der Waals surface area contributed by atoms with Crippen molar-refractivity contribution < 1.29 is 14.3 Å². The van der Waals surface area contributed by atoms with Gasteiger partial charge >= 0.3 is 0 Å². The molecule has 5 heteroatoms. The van der Waals surface area contributed by atoms with Gasteiger partial charge in [0.25, 0.3) is 0 Å². The van der Waals surface area contributed by atoms with Crippen molar-refractivity contribution in [1.29, 1.82) is 0 Å². The number of hydrogen-bond donors (Lipinski definition) is 1. The molecule has 20 heavy (non-hydrogen) atoms. The van der Waals surface area contributed by atoms with Gasteiger partial charge in [-0.15, -0.1) is 0 Å². The molecule has 0 fully saturated rings. The summed E-state index contributed by atoms with van der Waals surface area (Å²) in [7, 11) is 0. The van der Waals surface area contributed by atoms with Gasteiger partial charge in [-0.05, 0) is 31.6 Å². The maximum absolute atomic E-state index is 11.8. The molecule has 1 aliphatic heterocycles. The molecule has 1 aliphatic rings. The molecular formula is C15H14ClNO3. The number of ether oxygens (including phenoxy) is 2. The van der Waals surface area contributed by atoms with Crippen LogP contribution < -0.4 is 10.1 Å². The lowest BCUT2D eigenvalue weighted by Gasteiger charge is -2.06. The first kappa shape index (κ1) is 14.2. The summed E-state index contributed by atoms with van der Waals surface area (Å²) in [6.07, 6.45) is 3.15. The predicted octanol–water partition coefficient (Wildman–Crippen LogP) is 3.76. The van der Waals surface area contributed by atoms with Crippen LogP contribution in [0.2, 0.25) is 5.02 Å². The second kappa shape index (κ2) is 5.84. The van der Waals surface area contributed by atoms with E-state index in [1.807, 2.05) is 6.92 Å². The molecule has 104 valence electrons. The van der Waals surface area contributed by atoms with Gasteiger partial charge in [0, 0.05) is 17.8 Å². The lowest BCUT2D eigenvalue weighted by Crippen LogP contribution is -2.02. The van der Waals surface area contributed by atoms with E-state index < -0.39 is 0 Å². The molecule has 0 amide bonds. The first-order valence-corrected chi connectivity index (χ1v) is 6.33. The van der Waals surface area contributed by atoms with Crippen molar-refractivity contribution in [3.63, 3.8) is 0 Å². The van der Waals surface area contributed by atoms with Crippen LogP contribution in [0.25, 0.3) is 0 Å². The molecule has 0 saturated carbocycles. The van der Waals surface area contributed by atoms with Gasteiger partial charge in [0.1, 0.15) is 11.5 Å². The fourth-order valence-electron chi connectivity index (χ4n) is 1.57. The Morgan fingerprint density at radius 1 is 1.50 bits per heavy atom. The van der Waals surface area contributed by atoms with Gasteiger partial charge < -0.3 is 14.8 Å². The van der Waals surface area contributed by atoms with Crippen LogP contribution in [0.4, 0.5) is 0 Å². The average Bonchev–Trinajstić information content (AvgIpc) is 2.81. The highest BCUT2D eigenvalue weighted by Crippen LogP contribution is 2.25. The lowest BCUT2D eigenvalue weighted by atomic mass is 10.1. The minimum atomic E-state index is -0.180. The van der Waals surface area contributed by atoms with Crippen molar-refractivity contribution >= 4 is 17.4 Å². The molecule has 1 N–H and O–H groups in total. The molecule has 0 radical (unpaired) electrons. The summed E-state index contributed by atoms with van der Waals surface area (Å²) in [4.78, 5) is 11.8. The largest absolute Gasteiger partial charge is 0.459 e. The maximum Gasteiger partial charge on any atom is 0.232 e. The highest BCUT2D eigenvalue weighted by Gasteiger charge is 2.12. The molecule has 0 saturated heterocycles. The molecule has 0 aromatic heterocycles. The number of halogens is 1. The number of allylic oxidation sites excluding steroid dienone is 2. The number of hydrogen-bond acceptors (Lipinski definition) is 4. The van der Waals surface area contributed by atoms with Crippen LogP contribution in [0, 0.1) is 0 Å². The van der Waals surface area contributed by atoms with E-state index in [9.17, 15) is 4.79 Å². The van der Waals surface area contributed by atoms with Crippen LogP contribution in [0.3, 0.4) is 0 Å². The van der Waals surface area contributed by atoms with Crippen LogP contribution in [0.5, 0.6) is 5.75 Å². The van der Waals surface area contributed by atoms with Crippen molar-refractivity contribution in [1.82, 2.24) is 5.32 Å². The fourth-order valence-corrected chi connectivity index (χ4v) is 1.82. The Bertz CT molecular complexity index is 632. The van der Waals surface area contributed by atoms with Crippen LogP contribution in [0.1, 0.15) is 24.2 Å². The molecule has 4 nitrogen and oxygen atoms in total. The Hall–Kier alpha value is -2.20. The van der Waals surface area contributed by atoms with Gasteiger partial charge in [-0.25, -0.2) is 0 Å². The average molecular weight is 292 g/mol. The van der Waals surface area contributed by atoms with E-state index in [4.69, 9.17) is 21.1 Å². The summed E-state index contributed by atoms with van der Waals surface area (Å²) in [5.74, 6) is 1.57. The van der Waals surface area contributed by atoms with Gasteiger partial charge in [0.15, 0.2) is 12.0 Å². The second-order valence-corrected chi connectivity index (χ2v) is 4.76. The van der Waals surface area contributed by atoms with Gasteiger partial charge in [-0.2, -0.15) is 0 Å². The predicted molar refractivity (Wildman–Crippen MR) is 77.3 cm³/mol. The summed E-state index contributed by atoms with van der Waals surface area (Å²) in [5, 5.41) is 3.21. The SMILES string of the molecule is C=C(C)C(=O)c1ccc(OC=C2NC=C(C)O2)cc1Cl. The Labute approximate surface area is 122 Å². The Morgan fingerprint density at radius 3 is 2.80 bits per heavy atom. The number of Topliss-reactive ketones (excluding diaryl/α,β-unsaturated/α-hetero) is 1. The Kier molecular flexibility index (Phi) is 4.15. The Morgan fingerprint density at radius 2 is 2.25 bits per heavy atom. The summed E-state index contributed by atoms with van der Waals surface area (Å²) in [6.45, 7) is 7.08. The van der Waals surface area contributed by atoms with Gasteiger partial charge in [-0.3, -0.25) is 4.79 Å².